The monoisotopic (exact) mass is 405 g/mol. The molecule has 6 heteroatoms. The molecular weight excluding hydrogens is 386 g/mol. The van der Waals surface area contributed by atoms with Crippen LogP contribution in [0.25, 0.3) is 21.5 Å². The lowest BCUT2D eigenvalue weighted by molar-refractivity contribution is 0.0528. The summed E-state index contributed by atoms with van der Waals surface area (Å²) in [5.74, 6) is -0.437. The van der Waals surface area contributed by atoms with Crippen molar-refractivity contribution in [1.29, 1.82) is 0 Å². The van der Waals surface area contributed by atoms with Gasteiger partial charge in [-0.1, -0.05) is 54.6 Å². The Morgan fingerprint density at radius 3 is 2.31 bits per heavy atom. The van der Waals surface area contributed by atoms with Crippen LogP contribution in [0, 0.1) is 0 Å². The van der Waals surface area contributed by atoms with Crippen molar-refractivity contribution in [3.63, 3.8) is 0 Å². The normalized spacial score (nSPS) is 11.5. The molecule has 4 aromatic carbocycles. The van der Waals surface area contributed by atoms with Crippen LogP contribution in [0.4, 0.5) is 5.69 Å². The minimum atomic E-state index is -3.81. The van der Waals surface area contributed by atoms with Crippen molar-refractivity contribution >= 4 is 43.2 Å². The highest BCUT2D eigenvalue weighted by molar-refractivity contribution is 7.92. The highest BCUT2D eigenvalue weighted by Gasteiger charge is 2.18. The van der Waals surface area contributed by atoms with Crippen LogP contribution in [0.3, 0.4) is 0 Å². The Balaban J connectivity index is 1.76. The first kappa shape index (κ1) is 19.0. The highest BCUT2D eigenvalue weighted by atomic mass is 32.2. The van der Waals surface area contributed by atoms with E-state index in [4.69, 9.17) is 4.74 Å². The topological polar surface area (TPSA) is 72.5 Å². The van der Waals surface area contributed by atoms with Crippen molar-refractivity contribution < 1.29 is 17.9 Å². The van der Waals surface area contributed by atoms with E-state index in [0.717, 1.165) is 10.8 Å². The van der Waals surface area contributed by atoms with Crippen LogP contribution in [-0.2, 0) is 14.8 Å². The Hall–Kier alpha value is -3.38. The van der Waals surface area contributed by atoms with E-state index in [0.29, 0.717) is 22.0 Å². The van der Waals surface area contributed by atoms with E-state index < -0.39 is 16.0 Å². The van der Waals surface area contributed by atoms with Crippen molar-refractivity contribution in [2.75, 3.05) is 11.3 Å². The molecule has 0 aliphatic carbocycles. The molecule has 0 fully saturated rings. The lowest BCUT2D eigenvalue weighted by Gasteiger charge is -2.13. The molecule has 0 saturated carbocycles. The molecular formula is C23H19NO4S. The van der Waals surface area contributed by atoms with Gasteiger partial charge >= 0.3 is 5.97 Å². The molecule has 0 heterocycles. The molecule has 4 rings (SSSR count). The molecule has 0 atom stereocenters. The number of benzene rings is 4. The first-order valence-electron chi connectivity index (χ1n) is 9.20. The van der Waals surface area contributed by atoms with Gasteiger partial charge in [-0.05, 0) is 47.3 Å². The lowest BCUT2D eigenvalue weighted by atomic mass is 10.0. The molecule has 0 saturated heterocycles. The molecule has 0 radical (unpaired) electrons. The van der Waals surface area contributed by atoms with Crippen LogP contribution >= 0.6 is 0 Å². The molecule has 1 N–H and O–H groups in total. The predicted octanol–water partition coefficient (Wildman–Crippen LogP) is 4.97. The number of anilines is 1. The summed E-state index contributed by atoms with van der Waals surface area (Å²) >= 11 is 0. The fraction of sp³-hybridized carbons (Fsp3) is 0.0870. The van der Waals surface area contributed by atoms with Crippen LogP contribution in [0.5, 0.6) is 0 Å². The first-order chi connectivity index (χ1) is 14.0. The molecule has 0 spiro atoms. The van der Waals surface area contributed by atoms with Gasteiger partial charge in [-0.15, -0.1) is 0 Å². The van der Waals surface area contributed by atoms with Crippen LogP contribution in [0.2, 0.25) is 0 Å². The predicted molar refractivity (Wildman–Crippen MR) is 115 cm³/mol. The minimum Gasteiger partial charge on any atom is -0.462 e. The second-order valence-corrected chi connectivity index (χ2v) is 8.22. The number of esters is 1. The molecule has 0 aliphatic heterocycles. The van der Waals surface area contributed by atoms with E-state index in [2.05, 4.69) is 4.72 Å². The fourth-order valence-electron chi connectivity index (χ4n) is 3.31. The second kappa shape index (κ2) is 7.56. The van der Waals surface area contributed by atoms with Crippen molar-refractivity contribution in [2.24, 2.45) is 0 Å². The summed E-state index contributed by atoms with van der Waals surface area (Å²) in [5.41, 5.74) is 0.804. The van der Waals surface area contributed by atoms with E-state index in [1.165, 1.54) is 0 Å². The maximum absolute atomic E-state index is 13.0. The van der Waals surface area contributed by atoms with E-state index >= 15 is 0 Å². The van der Waals surface area contributed by atoms with Gasteiger partial charge in [-0.3, -0.25) is 4.72 Å². The number of hydrogen-bond donors (Lipinski definition) is 1. The van der Waals surface area contributed by atoms with Crippen molar-refractivity contribution in [3.05, 3.63) is 84.4 Å². The number of sulfonamides is 1. The smallest absolute Gasteiger partial charge is 0.338 e. The highest BCUT2D eigenvalue weighted by Crippen LogP contribution is 2.29. The maximum atomic E-state index is 13.0. The van der Waals surface area contributed by atoms with Crippen molar-refractivity contribution in [2.45, 2.75) is 11.8 Å². The average molecular weight is 405 g/mol. The number of hydrogen-bond acceptors (Lipinski definition) is 4. The number of rotatable bonds is 5. The Morgan fingerprint density at radius 2 is 1.55 bits per heavy atom. The minimum absolute atomic E-state index is 0.176. The largest absolute Gasteiger partial charge is 0.462 e. The zero-order valence-corrected chi connectivity index (χ0v) is 16.6. The van der Waals surface area contributed by atoms with Gasteiger partial charge < -0.3 is 4.74 Å². The van der Waals surface area contributed by atoms with Gasteiger partial charge in [0.25, 0.3) is 10.0 Å². The summed E-state index contributed by atoms with van der Waals surface area (Å²) in [6.07, 6.45) is 0. The van der Waals surface area contributed by atoms with Gasteiger partial charge in [0.15, 0.2) is 0 Å². The fourth-order valence-corrected chi connectivity index (χ4v) is 4.43. The van der Waals surface area contributed by atoms with Gasteiger partial charge in [0.2, 0.25) is 0 Å². The molecule has 0 bridgehead atoms. The Bertz CT molecular complexity index is 1330. The quantitative estimate of drug-likeness (QED) is 0.476. The van der Waals surface area contributed by atoms with Gasteiger partial charge in [0, 0.05) is 5.39 Å². The van der Waals surface area contributed by atoms with Crippen molar-refractivity contribution in [1.82, 2.24) is 0 Å². The average Bonchev–Trinajstić information content (AvgIpc) is 2.73. The van der Waals surface area contributed by atoms with Crippen LogP contribution in [0.15, 0.2) is 83.8 Å². The number of ether oxygens (including phenoxy) is 1. The number of fused-ring (bicyclic) bond motifs is 2. The van der Waals surface area contributed by atoms with Gasteiger partial charge in [0.05, 0.1) is 22.8 Å². The Morgan fingerprint density at radius 1 is 0.862 bits per heavy atom. The SMILES string of the molecule is CCOC(=O)c1ccc(NS(=O)(=O)c2ccc3ccccc3c2)c2ccccc12. The van der Waals surface area contributed by atoms with Gasteiger partial charge in [-0.2, -0.15) is 0 Å². The summed E-state index contributed by atoms with van der Waals surface area (Å²) in [7, 11) is -3.81. The number of carbonyl (C=O) groups is 1. The third kappa shape index (κ3) is 3.67. The molecule has 4 aromatic rings. The summed E-state index contributed by atoms with van der Waals surface area (Å²) < 4.78 is 33.8. The van der Waals surface area contributed by atoms with Crippen LogP contribution in [-0.4, -0.2) is 21.0 Å². The number of nitrogens with one attached hydrogen (secondary N) is 1. The zero-order valence-electron chi connectivity index (χ0n) is 15.8. The van der Waals surface area contributed by atoms with E-state index in [9.17, 15) is 13.2 Å². The summed E-state index contributed by atoms with van der Waals surface area (Å²) in [4.78, 5) is 12.4. The summed E-state index contributed by atoms with van der Waals surface area (Å²) in [6, 6.07) is 22.9. The molecule has 0 aliphatic rings. The van der Waals surface area contributed by atoms with E-state index in [-0.39, 0.29) is 11.5 Å². The van der Waals surface area contributed by atoms with Gasteiger partial charge in [-0.25, -0.2) is 13.2 Å². The van der Waals surface area contributed by atoms with Gasteiger partial charge in [0.1, 0.15) is 0 Å². The first-order valence-corrected chi connectivity index (χ1v) is 10.7. The molecule has 0 aromatic heterocycles. The molecule has 0 amide bonds. The standard InChI is InChI=1S/C23H19NO4S/c1-2-28-23(25)21-13-14-22(20-10-6-5-9-19(20)21)24-29(26,27)18-12-11-16-7-3-4-8-17(16)15-18/h3-15,24H,2H2,1H3. The van der Waals surface area contributed by atoms with Crippen LogP contribution < -0.4 is 4.72 Å². The van der Waals surface area contributed by atoms with Crippen LogP contribution in [0.1, 0.15) is 17.3 Å². The maximum Gasteiger partial charge on any atom is 0.338 e. The second-order valence-electron chi connectivity index (χ2n) is 6.54. The lowest BCUT2D eigenvalue weighted by Crippen LogP contribution is -2.14. The van der Waals surface area contributed by atoms with Crippen molar-refractivity contribution in [3.8, 4) is 0 Å². The Labute approximate surface area is 169 Å². The molecule has 146 valence electrons. The summed E-state index contributed by atoms with van der Waals surface area (Å²) in [6.45, 7) is 2.01. The molecule has 0 unspecified atom stereocenters. The zero-order chi connectivity index (χ0) is 20.4. The molecule has 29 heavy (non-hydrogen) atoms. The van der Waals surface area contributed by atoms with E-state index in [1.807, 2.05) is 24.3 Å². The summed E-state index contributed by atoms with van der Waals surface area (Å²) in [5, 5.41) is 3.07. The van der Waals surface area contributed by atoms with E-state index in [1.54, 1.807) is 61.5 Å². The third-order valence-corrected chi connectivity index (χ3v) is 6.06. The molecule has 5 nitrogen and oxygen atoms in total. The Kier molecular flexibility index (Phi) is 4.94. The third-order valence-electron chi connectivity index (χ3n) is 4.69. The number of carbonyl (C=O) groups excluding carboxylic acids is 1.